The van der Waals surface area contributed by atoms with Crippen molar-refractivity contribution in [2.24, 2.45) is 5.92 Å². The van der Waals surface area contributed by atoms with Crippen molar-refractivity contribution in [3.63, 3.8) is 0 Å². The molecule has 0 N–H and O–H groups in total. The molecule has 2 saturated carbocycles. The zero-order valence-electron chi connectivity index (χ0n) is 13.0. The zero-order valence-corrected chi connectivity index (χ0v) is 14.6. The molecule has 2 aromatic carbocycles. The molecular formula is C21H21Br. The van der Waals surface area contributed by atoms with Crippen LogP contribution in [0.4, 0.5) is 0 Å². The van der Waals surface area contributed by atoms with Crippen molar-refractivity contribution in [2.75, 3.05) is 0 Å². The molecule has 0 bridgehead atoms. The van der Waals surface area contributed by atoms with Crippen LogP contribution in [0.15, 0.2) is 46.9 Å². The quantitative estimate of drug-likeness (QED) is 0.527. The lowest BCUT2D eigenvalue weighted by molar-refractivity contribution is 0.246. The van der Waals surface area contributed by atoms with Crippen LogP contribution < -0.4 is 0 Å². The van der Waals surface area contributed by atoms with Crippen molar-refractivity contribution in [2.45, 2.75) is 49.9 Å². The smallest absolute Gasteiger partial charge is 0.0178 e. The molecule has 1 heteroatoms. The highest BCUT2D eigenvalue weighted by Gasteiger charge is 2.64. The third-order valence-corrected chi connectivity index (χ3v) is 7.56. The van der Waals surface area contributed by atoms with E-state index in [1.165, 1.54) is 47.7 Å². The molecule has 3 atom stereocenters. The molecule has 0 nitrogen and oxygen atoms in total. The molecule has 0 aliphatic heterocycles. The van der Waals surface area contributed by atoms with E-state index in [4.69, 9.17) is 0 Å². The van der Waals surface area contributed by atoms with Crippen LogP contribution in [-0.2, 0) is 10.8 Å². The van der Waals surface area contributed by atoms with Gasteiger partial charge >= 0.3 is 0 Å². The minimum atomic E-state index is 0.375. The Labute approximate surface area is 141 Å². The number of rotatable bonds is 0. The van der Waals surface area contributed by atoms with Gasteiger partial charge in [0.2, 0.25) is 0 Å². The topological polar surface area (TPSA) is 0 Å². The van der Waals surface area contributed by atoms with Crippen LogP contribution in [0.25, 0.3) is 11.1 Å². The predicted octanol–water partition coefficient (Wildman–Crippen LogP) is 6.22. The van der Waals surface area contributed by atoms with Crippen LogP contribution in [0.3, 0.4) is 0 Å². The van der Waals surface area contributed by atoms with Gasteiger partial charge in [-0.25, -0.2) is 0 Å². The van der Waals surface area contributed by atoms with E-state index < -0.39 is 0 Å². The number of halogens is 1. The molecule has 2 aromatic rings. The first-order chi connectivity index (χ1) is 10.7. The molecule has 0 spiro atoms. The molecule has 22 heavy (non-hydrogen) atoms. The molecule has 2 fully saturated rings. The van der Waals surface area contributed by atoms with Gasteiger partial charge in [0.05, 0.1) is 0 Å². The van der Waals surface area contributed by atoms with Crippen LogP contribution >= 0.6 is 15.9 Å². The summed E-state index contributed by atoms with van der Waals surface area (Å²) in [5, 5.41) is 0. The van der Waals surface area contributed by atoms with E-state index in [-0.39, 0.29) is 0 Å². The van der Waals surface area contributed by atoms with Crippen LogP contribution in [0.5, 0.6) is 0 Å². The minimum absolute atomic E-state index is 0.375. The maximum Gasteiger partial charge on any atom is 0.0178 e. The van der Waals surface area contributed by atoms with Gasteiger partial charge in [-0.05, 0) is 66.0 Å². The Morgan fingerprint density at radius 1 is 0.955 bits per heavy atom. The van der Waals surface area contributed by atoms with Gasteiger partial charge in [0.1, 0.15) is 0 Å². The monoisotopic (exact) mass is 352 g/mol. The van der Waals surface area contributed by atoms with E-state index in [1.54, 1.807) is 11.1 Å². The summed E-state index contributed by atoms with van der Waals surface area (Å²) in [6, 6.07) is 16.2. The lowest BCUT2D eigenvalue weighted by atomic mass is 9.53. The van der Waals surface area contributed by atoms with Crippen molar-refractivity contribution >= 4 is 15.9 Å². The fraction of sp³-hybridized carbons (Fsp3) is 0.429. The van der Waals surface area contributed by atoms with Crippen molar-refractivity contribution in [1.82, 2.24) is 0 Å². The van der Waals surface area contributed by atoms with E-state index in [0.717, 1.165) is 5.92 Å². The molecule has 0 saturated heterocycles. The number of hydrogen-bond donors (Lipinski definition) is 0. The first-order valence-electron chi connectivity index (χ1n) is 8.59. The summed E-state index contributed by atoms with van der Waals surface area (Å²) >= 11 is 3.74. The Hall–Kier alpha value is -1.08. The Bertz CT molecular complexity index is 777. The first kappa shape index (κ1) is 13.4. The van der Waals surface area contributed by atoms with Crippen molar-refractivity contribution in [3.8, 4) is 11.1 Å². The van der Waals surface area contributed by atoms with E-state index in [0.29, 0.717) is 10.8 Å². The first-order valence-corrected chi connectivity index (χ1v) is 9.38. The third-order valence-electron chi connectivity index (χ3n) is 7.07. The van der Waals surface area contributed by atoms with Crippen LogP contribution in [0.1, 0.15) is 50.2 Å². The highest BCUT2D eigenvalue weighted by atomic mass is 79.9. The zero-order chi connectivity index (χ0) is 14.9. The molecule has 3 aliphatic carbocycles. The van der Waals surface area contributed by atoms with Gasteiger partial charge in [-0.2, -0.15) is 0 Å². The van der Waals surface area contributed by atoms with Crippen molar-refractivity contribution in [3.05, 3.63) is 58.1 Å². The molecule has 0 radical (unpaired) electrons. The maximum absolute atomic E-state index is 3.74. The number of hydrogen-bond acceptors (Lipinski definition) is 0. The largest absolute Gasteiger partial charge is 0.0619 e. The number of benzene rings is 2. The van der Waals surface area contributed by atoms with Gasteiger partial charge in [0, 0.05) is 15.3 Å². The normalized spacial score (nSPS) is 34.7. The number of fused-ring (bicyclic) bond motifs is 3. The summed E-state index contributed by atoms with van der Waals surface area (Å²) in [5.41, 5.74) is 7.04. The van der Waals surface area contributed by atoms with Crippen LogP contribution in [-0.4, -0.2) is 0 Å². The summed E-state index contributed by atoms with van der Waals surface area (Å²) in [6.45, 7) is 2.51. The Kier molecular flexibility index (Phi) is 2.59. The van der Waals surface area contributed by atoms with Gasteiger partial charge in [-0.1, -0.05) is 59.6 Å². The lowest BCUT2D eigenvalue weighted by Gasteiger charge is -2.49. The molecule has 0 aromatic heterocycles. The molecule has 3 unspecified atom stereocenters. The van der Waals surface area contributed by atoms with E-state index in [2.05, 4.69) is 65.3 Å². The van der Waals surface area contributed by atoms with Gasteiger partial charge in [-0.3, -0.25) is 0 Å². The second kappa shape index (κ2) is 4.26. The second-order valence-electron chi connectivity index (χ2n) is 7.58. The van der Waals surface area contributed by atoms with E-state index >= 15 is 0 Å². The highest BCUT2D eigenvalue weighted by molar-refractivity contribution is 9.10. The molecule has 5 rings (SSSR count). The van der Waals surface area contributed by atoms with E-state index in [9.17, 15) is 0 Å². The van der Waals surface area contributed by atoms with Gasteiger partial charge in [0.25, 0.3) is 0 Å². The standard InChI is InChI=1S/C21H21Br/c1-14-9-12-20-10-4-11-21(14,20)19-13-15(22)7-8-17(19)16-5-2-3-6-18(16)20/h2-3,5-8,13-14H,4,9-12H2,1H3. The van der Waals surface area contributed by atoms with Crippen molar-refractivity contribution < 1.29 is 0 Å². The minimum Gasteiger partial charge on any atom is -0.0619 e. The van der Waals surface area contributed by atoms with Gasteiger partial charge in [-0.15, -0.1) is 0 Å². The Morgan fingerprint density at radius 3 is 2.68 bits per heavy atom. The summed E-state index contributed by atoms with van der Waals surface area (Å²) < 4.78 is 1.24. The summed E-state index contributed by atoms with van der Waals surface area (Å²) in [6.07, 6.45) is 6.87. The van der Waals surface area contributed by atoms with Gasteiger partial charge < -0.3 is 0 Å². The average molecular weight is 353 g/mol. The predicted molar refractivity (Wildman–Crippen MR) is 95.2 cm³/mol. The second-order valence-corrected chi connectivity index (χ2v) is 8.50. The fourth-order valence-corrected chi connectivity index (χ4v) is 6.69. The molecule has 3 aliphatic rings. The Balaban J connectivity index is 1.95. The molecule has 112 valence electrons. The highest BCUT2D eigenvalue weighted by Crippen LogP contribution is 2.71. The Morgan fingerprint density at radius 2 is 1.77 bits per heavy atom. The summed E-state index contributed by atoms with van der Waals surface area (Å²) in [4.78, 5) is 0. The average Bonchev–Trinajstić information content (AvgIpc) is 3.06. The molecule has 0 heterocycles. The summed E-state index contributed by atoms with van der Waals surface area (Å²) in [5.74, 6) is 0.788. The maximum atomic E-state index is 3.74. The third kappa shape index (κ3) is 1.32. The fourth-order valence-electron chi connectivity index (χ4n) is 6.33. The molecular weight excluding hydrogens is 332 g/mol. The summed E-state index contributed by atoms with van der Waals surface area (Å²) in [7, 11) is 0. The SMILES string of the molecule is CC1CCC23CCCC12c1cc(Br)ccc1-c1ccccc13. The van der Waals surface area contributed by atoms with E-state index in [1.807, 2.05) is 0 Å². The lowest BCUT2D eigenvalue weighted by Crippen LogP contribution is -2.46. The van der Waals surface area contributed by atoms with Crippen LogP contribution in [0.2, 0.25) is 0 Å². The van der Waals surface area contributed by atoms with Crippen molar-refractivity contribution in [1.29, 1.82) is 0 Å². The van der Waals surface area contributed by atoms with Crippen LogP contribution in [0, 0.1) is 5.92 Å². The molecule has 0 amide bonds. The van der Waals surface area contributed by atoms with Gasteiger partial charge in [0.15, 0.2) is 0 Å².